The number of nitrogens with zero attached hydrogens (tertiary/aromatic N) is 2. The van der Waals surface area contributed by atoms with Gasteiger partial charge < -0.3 is 4.74 Å². The van der Waals surface area contributed by atoms with Crippen LogP contribution in [0.15, 0.2) is 30.3 Å². The van der Waals surface area contributed by atoms with Crippen molar-refractivity contribution in [2.45, 2.75) is 20.0 Å². The van der Waals surface area contributed by atoms with E-state index in [0.29, 0.717) is 5.69 Å². The van der Waals surface area contributed by atoms with E-state index in [1.54, 1.807) is 13.8 Å². The Labute approximate surface area is 119 Å². The lowest BCUT2D eigenvalue weighted by Crippen LogP contribution is -2.13. The second-order valence-electron chi connectivity index (χ2n) is 4.35. The van der Waals surface area contributed by atoms with Crippen LogP contribution < -0.4 is 0 Å². The molecule has 0 aliphatic rings. The maximum atomic E-state index is 12.7. The minimum Gasteiger partial charge on any atom is -0.461 e. The third-order valence-electron chi connectivity index (χ3n) is 2.73. The Morgan fingerprint density at radius 1 is 1.33 bits per heavy atom. The SMILES string of the molecule is CCOC(=O)c1cc(C)nn1-c1cccc(C(F)(F)F)c1. The first-order valence-corrected chi connectivity index (χ1v) is 6.24. The minimum absolute atomic E-state index is 0.0914. The molecular formula is C14H13F3N2O2. The van der Waals surface area contributed by atoms with Gasteiger partial charge in [0.05, 0.1) is 23.6 Å². The highest BCUT2D eigenvalue weighted by molar-refractivity contribution is 5.88. The van der Waals surface area contributed by atoms with Crippen LogP contribution in [0.3, 0.4) is 0 Å². The average Bonchev–Trinajstić information content (AvgIpc) is 2.80. The number of carbonyl (C=O) groups excluding carboxylic acids is 1. The fourth-order valence-corrected chi connectivity index (χ4v) is 1.86. The molecule has 0 fully saturated rings. The third-order valence-corrected chi connectivity index (χ3v) is 2.73. The lowest BCUT2D eigenvalue weighted by molar-refractivity contribution is -0.137. The zero-order chi connectivity index (χ0) is 15.6. The molecule has 112 valence electrons. The summed E-state index contributed by atoms with van der Waals surface area (Å²) in [7, 11) is 0. The molecule has 0 amide bonds. The van der Waals surface area contributed by atoms with E-state index in [4.69, 9.17) is 4.74 Å². The van der Waals surface area contributed by atoms with Gasteiger partial charge in [0.2, 0.25) is 0 Å². The Hall–Kier alpha value is -2.31. The maximum absolute atomic E-state index is 12.7. The minimum atomic E-state index is -4.46. The fraction of sp³-hybridized carbons (Fsp3) is 0.286. The van der Waals surface area contributed by atoms with Crippen molar-refractivity contribution in [1.29, 1.82) is 0 Å². The molecule has 7 heteroatoms. The number of hydrogen-bond donors (Lipinski definition) is 0. The first-order valence-electron chi connectivity index (χ1n) is 6.24. The Morgan fingerprint density at radius 2 is 2.05 bits per heavy atom. The summed E-state index contributed by atoms with van der Waals surface area (Å²) in [5, 5.41) is 4.06. The highest BCUT2D eigenvalue weighted by Gasteiger charge is 2.31. The van der Waals surface area contributed by atoms with Gasteiger partial charge in [-0.15, -0.1) is 0 Å². The molecule has 4 nitrogen and oxygen atoms in total. The van der Waals surface area contributed by atoms with Crippen molar-refractivity contribution < 1.29 is 22.7 Å². The predicted octanol–water partition coefficient (Wildman–Crippen LogP) is 3.38. The van der Waals surface area contributed by atoms with Crippen LogP contribution in [0.25, 0.3) is 5.69 Å². The summed E-state index contributed by atoms with van der Waals surface area (Å²) in [6, 6.07) is 6.09. The van der Waals surface area contributed by atoms with Gasteiger partial charge in [-0.2, -0.15) is 18.3 Å². The van der Waals surface area contributed by atoms with Crippen molar-refractivity contribution >= 4 is 5.97 Å². The lowest BCUT2D eigenvalue weighted by Gasteiger charge is -2.10. The average molecular weight is 298 g/mol. The van der Waals surface area contributed by atoms with E-state index in [-0.39, 0.29) is 18.0 Å². The van der Waals surface area contributed by atoms with Crippen molar-refractivity contribution in [2.75, 3.05) is 6.61 Å². The molecule has 0 radical (unpaired) electrons. The molecule has 0 aliphatic carbocycles. The zero-order valence-electron chi connectivity index (χ0n) is 11.4. The number of esters is 1. The van der Waals surface area contributed by atoms with Crippen LogP contribution in [0, 0.1) is 6.92 Å². The van der Waals surface area contributed by atoms with Gasteiger partial charge in [-0.3, -0.25) is 0 Å². The number of benzene rings is 1. The normalized spacial score (nSPS) is 11.5. The molecule has 1 aromatic carbocycles. The first kappa shape index (κ1) is 15.1. The largest absolute Gasteiger partial charge is 0.461 e. The van der Waals surface area contributed by atoms with E-state index < -0.39 is 17.7 Å². The summed E-state index contributed by atoms with van der Waals surface area (Å²) in [5.74, 6) is -0.629. The van der Waals surface area contributed by atoms with Crippen LogP contribution in [-0.4, -0.2) is 22.4 Å². The molecule has 2 aromatic rings. The third kappa shape index (κ3) is 3.24. The molecule has 0 saturated heterocycles. The summed E-state index contributed by atoms with van der Waals surface area (Å²) in [5.41, 5.74) is -0.0481. The molecule has 21 heavy (non-hydrogen) atoms. The summed E-state index contributed by atoms with van der Waals surface area (Å²) in [6.07, 6.45) is -4.46. The standard InChI is InChI=1S/C14H13F3N2O2/c1-3-21-13(20)12-7-9(2)18-19(12)11-6-4-5-10(8-11)14(15,16)17/h4-8H,3H2,1-2H3. The Balaban J connectivity index is 2.50. The van der Waals surface area contributed by atoms with Crippen molar-refractivity contribution in [3.8, 4) is 5.69 Å². The van der Waals surface area contributed by atoms with Gasteiger partial charge in [0.1, 0.15) is 0 Å². The van der Waals surface area contributed by atoms with Gasteiger partial charge in [0.15, 0.2) is 5.69 Å². The summed E-state index contributed by atoms with van der Waals surface area (Å²) in [4.78, 5) is 11.8. The number of ether oxygens (including phenoxy) is 1. The molecule has 2 rings (SSSR count). The number of hydrogen-bond acceptors (Lipinski definition) is 3. The van der Waals surface area contributed by atoms with E-state index in [1.165, 1.54) is 18.2 Å². The monoisotopic (exact) mass is 298 g/mol. The number of aromatic nitrogens is 2. The smallest absolute Gasteiger partial charge is 0.416 e. The molecule has 0 saturated carbocycles. The second-order valence-corrected chi connectivity index (χ2v) is 4.35. The Kier molecular flexibility index (Phi) is 4.02. The van der Waals surface area contributed by atoms with E-state index in [1.807, 2.05) is 0 Å². The molecule has 0 spiro atoms. The molecule has 1 heterocycles. The van der Waals surface area contributed by atoms with Crippen LogP contribution in [0.2, 0.25) is 0 Å². The highest BCUT2D eigenvalue weighted by atomic mass is 19.4. The van der Waals surface area contributed by atoms with Gasteiger partial charge in [-0.25, -0.2) is 9.48 Å². The second kappa shape index (κ2) is 5.59. The molecule has 0 unspecified atom stereocenters. The number of rotatable bonds is 3. The van der Waals surface area contributed by atoms with Crippen molar-refractivity contribution in [3.63, 3.8) is 0 Å². The Bertz CT molecular complexity index is 662. The molecule has 1 aromatic heterocycles. The Morgan fingerprint density at radius 3 is 2.67 bits per heavy atom. The topological polar surface area (TPSA) is 44.1 Å². The molecule has 0 atom stereocenters. The maximum Gasteiger partial charge on any atom is 0.416 e. The van der Waals surface area contributed by atoms with Crippen molar-refractivity contribution in [2.24, 2.45) is 0 Å². The number of alkyl halides is 3. The summed E-state index contributed by atoms with van der Waals surface area (Å²) >= 11 is 0. The van der Waals surface area contributed by atoms with E-state index in [9.17, 15) is 18.0 Å². The van der Waals surface area contributed by atoms with Crippen LogP contribution in [0.4, 0.5) is 13.2 Å². The fourth-order valence-electron chi connectivity index (χ4n) is 1.86. The highest BCUT2D eigenvalue weighted by Crippen LogP contribution is 2.30. The van der Waals surface area contributed by atoms with Crippen molar-refractivity contribution in [3.05, 3.63) is 47.3 Å². The van der Waals surface area contributed by atoms with E-state index in [2.05, 4.69) is 5.10 Å². The van der Waals surface area contributed by atoms with Crippen LogP contribution in [-0.2, 0) is 10.9 Å². The van der Waals surface area contributed by atoms with Gasteiger partial charge in [-0.1, -0.05) is 6.07 Å². The number of carbonyl (C=O) groups is 1. The quantitative estimate of drug-likeness (QED) is 0.816. The van der Waals surface area contributed by atoms with Gasteiger partial charge in [-0.05, 0) is 38.1 Å². The van der Waals surface area contributed by atoms with Gasteiger partial charge in [0, 0.05) is 0 Å². The van der Waals surface area contributed by atoms with Crippen LogP contribution in [0.5, 0.6) is 0 Å². The van der Waals surface area contributed by atoms with Gasteiger partial charge >= 0.3 is 12.1 Å². The first-order chi connectivity index (χ1) is 9.82. The number of halogens is 3. The molecule has 0 N–H and O–H groups in total. The van der Waals surface area contributed by atoms with Gasteiger partial charge in [0.25, 0.3) is 0 Å². The molecule has 0 aliphatic heterocycles. The van der Waals surface area contributed by atoms with E-state index in [0.717, 1.165) is 16.8 Å². The molecular weight excluding hydrogens is 285 g/mol. The summed E-state index contributed by atoms with van der Waals surface area (Å²) in [6.45, 7) is 3.47. The number of aryl methyl sites for hydroxylation is 1. The lowest BCUT2D eigenvalue weighted by atomic mass is 10.2. The van der Waals surface area contributed by atoms with Crippen LogP contribution >= 0.6 is 0 Å². The summed E-state index contributed by atoms with van der Waals surface area (Å²) < 4.78 is 44.3. The molecule has 0 bridgehead atoms. The van der Waals surface area contributed by atoms with Crippen LogP contribution in [0.1, 0.15) is 28.7 Å². The van der Waals surface area contributed by atoms with E-state index >= 15 is 0 Å². The van der Waals surface area contributed by atoms with Crippen molar-refractivity contribution in [1.82, 2.24) is 9.78 Å². The predicted molar refractivity (Wildman–Crippen MR) is 69.3 cm³/mol. The zero-order valence-corrected chi connectivity index (χ0v) is 11.4.